The lowest BCUT2D eigenvalue weighted by molar-refractivity contribution is -0.0315. The summed E-state index contributed by atoms with van der Waals surface area (Å²) in [6, 6.07) is 0. The Labute approximate surface area is 161 Å². The molecule has 27 heavy (non-hydrogen) atoms. The average Bonchev–Trinajstić information content (AvgIpc) is 2.95. The van der Waals surface area contributed by atoms with Crippen molar-refractivity contribution in [1.82, 2.24) is 24.7 Å². The summed E-state index contributed by atoms with van der Waals surface area (Å²) >= 11 is 5.94. The molecule has 1 saturated heterocycles. The first kappa shape index (κ1) is 17.9. The number of amides is 2. The van der Waals surface area contributed by atoms with Crippen LogP contribution in [0, 0.1) is 0 Å². The van der Waals surface area contributed by atoms with Crippen LogP contribution in [0.15, 0.2) is 28.5 Å². The number of likely N-dealkylation sites (N-methyl/N-ethyl adjacent to an activating group) is 1. The van der Waals surface area contributed by atoms with Gasteiger partial charge in [-0.3, -0.25) is 19.7 Å². The van der Waals surface area contributed by atoms with E-state index in [0.717, 1.165) is 13.1 Å². The molecule has 3 aliphatic heterocycles. The number of dihydropyridines is 1. The van der Waals surface area contributed by atoms with Crippen LogP contribution in [0.25, 0.3) is 0 Å². The van der Waals surface area contributed by atoms with Crippen molar-refractivity contribution in [1.29, 1.82) is 0 Å². The standard InChI is InChI=1S/C17H19ClN6O3/c1-22-6-8-23(9-7-22)17(26)27-16-14-13(19-4-5-20-14)15(25)24(16)12-3-2-11(18)10-21-12/h2,4-5,10,12,16H,3,6-9H2,1H3. The number of rotatable bonds is 2. The average molecular weight is 391 g/mol. The van der Waals surface area contributed by atoms with Gasteiger partial charge in [-0.25, -0.2) is 9.78 Å². The fourth-order valence-corrected chi connectivity index (χ4v) is 3.44. The SMILES string of the molecule is CN1CCN(C(=O)OC2c3nccnc3C(=O)N2C2CC=C(Cl)C=N2)CC1. The maximum Gasteiger partial charge on any atom is 0.412 e. The molecule has 0 spiro atoms. The van der Waals surface area contributed by atoms with Gasteiger partial charge in [0.05, 0.1) is 5.03 Å². The first-order chi connectivity index (χ1) is 13.0. The van der Waals surface area contributed by atoms with Crippen LogP contribution in [0.2, 0.25) is 0 Å². The largest absolute Gasteiger partial charge is 0.419 e. The molecule has 142 valence electrons. The summed E-state index contributed by atoms with van der Waals surface area (Å²) in [6.45, 7) is 2.69. The molecule has 0 aliphatic carbocycles. The van der Waals surface area contributed by atoms with Crippen molar-refractivity contribution in [3.05, 3.63) is 34.9 Å². The van der Waals surface area contributed by atoms with Gasteiger partial charge in [0, 0.05) is 51.2 Å². The van der Waals surface area contributed by atoms with Gasteiger partial charge < -0.3 is 14.5 Å². The Morgan fingerprint density at radius 2 is 1.96 bits per heavy atom. The Hall–Kier alpha value is -2.52. The van der Waals surface area contributed by atoms with Gasteiger partial charge in [-0.15, -0.1) is 0 Å². The molecule has 0 N–H and O–H groups in total. The van der Waals surface area contributed by atoms with Gasteiger partial charge in [-0.2, -0.15) is 0 Å². The first-order valence-electron chi connectivity index (χ1n) is 8.71. The second-order valence-electron chi connectivity index (χ2n) is 6.61. The van der Waals surface area contributed by atoms with Gasteiger partial charge >= 0.3 is 6.09 Å². The quantitative estimate of drug-likeness (QED) is 0.754. The van der Waals surface area contributed by atoms with E-state index in [1.165, 1.54) is 23.5 Å². The number of carbonyl (C=O) groups excluding carboxylic acids is 2. The summed E-state index contributed by atoms with van der Waals surface area (Å²) in [5.74, 6) is -0.358. The second kappa shape index (κ2) is 7.24. The third-order valence-electron chi connectivity index (χ3n) is 4.84. The van der Waals surface area contributed by atoms with Crippen molar-refractivity contribution in [3.8, 4) is 0 Å². The molecule has 1 fully saturated rings. The van der Waals surface area contributed by atoms with Crippen molar-refractivity contribution < 1.29 is 14.3 Å². The lowest BCUT2D eigenvalue weighted by atomic mass is 10.2. The molecule has 0 radical (unpaired) electrons. The molecule has 2 amide bonds. The Morgan fingerprint density at radius 1 is 1.22 bits per heavy atom. The number of halogens is 1. The lowest BCUT2D eigenvalue weighted by Crippen LogP contribution is -2.48. The Kier molecular flexibility index (Phi) is 4.79. The minimum Gasteiger partial charge on any atom is -0.419 e. The lowest BCUT2D eigenvalue weighted by Gasteiger charge is -2.34. The molecule has 4 heterocycles. The van der Waals surface area contributed by atoms with Crippen LogP contribution < -0.4 is 0 Å². The molecule has 3 aliphatic rings. The maximum absolute atomic E-state index is 12.9. The zero-order valence-corrected chi connectivity index (χ0v) is 15.5. The summed E-state index contributed by atoms with van der Waals surface area (Å²) in [5, 5.41) is 0.512. The molecule has 1 aromatic rings. The second-order valence-corrected chi connectivity index (χ2v) is 7.05. The number of nitrogens with zero attached hydrogens (tertiary/aromatic N) is 6. The molecule has 9 nitrogen and oxygen atoms in total. The van der Waals surface area contributed by atoms with E-state index in [1.807, 2.05) is 7.05 Å². The van der Waals surface area contributed by atoms with E-state index in [9.17, 15) is 9.59 Å². The van der Waals surface area contributed by atoms with Crippen LogP contribution in [0.4, 0.5) is 4.79 Å². The highest BCUT2D eigenvalue weighted by atomic mass is 35.5. The van der Waals surface area contributed by atoms with Gasteiger partial charge in [-0.1, -0.05) is 17.7 Å². The van der Waals surface area contributed by atoms with Gasteiger partial charge in [0.2, 0.25) is 6.23 Å². The topological polar surface area (TPSA) is 91.2 Å². The van der Waals surface area contributed by atoms with Crippen molar-refractivity contribution in [3.63, 3.8) is 0 Å². The summed E-state index contributed by atoms with van der Waals surface area (Å²) in [5.41, 5.74) is 0.519. The molecular formula is C17H19ClN6O3. The van der Waals surface area contributed by atoms with E-state index in [4.69, 9.17) is 16.3 Å². The Bertz CT molecular complexity index is 821. The smallest absolute Gasteiger partial charge is 0.412 e. The van der Waals surface area contributed by atoms with Gasteiger partial charge in [0.15, 0.2) is 5.69 Å². The number of hydrogen-bond donors (Lipinski definition) is 0. The molecule has 0 bridgehead atoms. The molecule has 10 heteroatoms. The summed E-state index contributed by atoms with van der Waals surface area (Å²) in [6.07, 6.45) is 4.66. The van der Waals surface area contributed by atoms with E-state index in [2.05, 4.69) is 19.9 Å². The highest BCUT2D eigenvalue weighted by molar-refractivity contribution is 6.39. The van der Waals surface area contributed by atoms with Crippen LogP contribution in [0.1, 0.15) is 28.8 Å². The fourth-order valence-electron chi connectivity index (χ4n) is 3.29. The maximum atomic E-state index is 12.9. The molecule has 1 aromatic heterocycles. The van der Waals surface area contributed by atoms with Crippen LogP contribution in [-0.2, 0) is 4.74 Å². The number of hydrogen-bond acceptors (Lipinski definition) is 7. The minimum atomic E-state index is -0.958. The predicted octanol–water partition coefficient (Wildman–Crippen LogP) is 1.24. The summed E-state index contributed by atoms with van der Waals surface area (Å²) < 4.78 is 5.72. The zero-order chi connectivity index (χ0) is 19.0. The summed E-state index contributed by atoms with van der Waals surface area (Å²) in [7, 11) is 2.01. The van der Waals surface area contributed by atoms with Gasteiger partial charge in [-0.05, 0) is 7.05 Å². The number of piperazine rings is 1. The summed E-state index contributed by atoms with van der Waals surface area (Å²) in [4.78, 5) is 43.4. The predicted molar refractivity (Wildman–Crippen MR) is 97.3 cm³/mol. The number of fused-ring (bicyclic) bond motifs is 1. The van der Waals surface area contributed by atoms with Crippen LogP contribution in [0.3, 0.4) is 0 Å². The number of aliphatic imine (C=N–C) groups is 1. The van der Waals surface area contributed by atoms with Crippen molar-refractivity contribution in [2.24, 2.45) is 4.99 Å². The molecule has 2 atom stereocenters. The van der Waals surface area contributed by atoms with Gasteiger partial charge in [0.1, 0.15) is 11.9 Å². The first-order valence-corrected chi connectivity index (χ1v) is 9.09. The van der Waals surface area contributed by atoms with E-state index in [1.54, 1.807) is 11.0 Å². The highest BCUT2D eigenvalue weighted by Crippen LogP contribution is 2.36. The van der Waals surface area contributed by atoms with Crippen molar-refractivity contribution in [2.45, 2.75) is 18.8 Å². The third-order valence-corrected chi connectivity index (χ3v) is 5.09. The van der Waals surface area contributed by atoms with Crippen LogP contribution in [0.5, 0.6) is 0 Å². The minimum absolute atomic E-state index is 0.185. The van der Waals surface area contributed by atoms with E-state index < -0.39 is 18.5 Å². The molecule has 0 aromatic carbocycles. The van der Waals surface area contributed by atoms with Crippen LogP contribution >= 0.6 is 11.6 Å². The number of aromatic nitrogens is 2. The van der Waals surface area contributed by atoms with E-state index >= 15 is 0 Å². The number of allylic oxidation sites excluding steroid dienone is 1. The number of ether oxygens (including phenoxy) is 1. The zero-order valence-electron chi connectivity index (χ0n) is 14.8. The normalized spacial score (nSPS) is 25.4. The van der Waals surface area contributed by atoms with Crippen molar-refractivity contribution in [2.75, 3.05) is 33.2 Å². The Balaban J connectivity index is 1.58. The van der Waals surface area contributed by atoms with Crippen molar-refractivity contribution >= 4 is 29.8 Å². The molecular weight excluding hydrogens is 372 g/mol. The van der Waals surface area contributed by atoms with Gasteiger partial charge in [0.25, 0.3) is 5.91 Å². The molecule has 4 rings (SSSR count). The number of carbonyl (C=O) groups is 2. The monoisotopic (exact) mass is 390 g/mol. The fraction of sp³-hybridized carbons (Fsp3) is 0.471. The third kappa shape index (κ3) is 3.40. The van der Waals surface area contributed by atoms with Crippen LogP contribution in [-0.4, -0.2) is 82.3 Å². The van der Waals surface area contributed by atoms with E-state index in [0.29, 0.717) is 30.2 Å². The highest BCUT2D eigenvalue weighted by Gasteiger charge is 2.46. The van der Waals surface area contributed by atoms with E-state index in [-0.39, 0.29) is 11.6 Å². The molecule has 0 saturated carbocycles. The Morgan fingerprint density at radius 3 is 2.67 bits per heavy atom. The molecule has 2 unspecified atom stereocenters.